The maximum Gasteiger partial charge on any atom is 0.119 e. The summed E-state index contributed by atoms with van der Waals surface area (Å²) in [6.45, 7) is 3.39. The van der Waals surface area contributed by atoms with Crippen LogP contribution in [0.1, 0.15) is 6.92 Å². The third kappa shape index (κ3) is 6.35. The third-order valence-electron chi connectivity index (χ3n) is 2.37. The molecule has 0 fully saturated rings. The normalized spacial score (nSPS) is 14.2. The van der Waals surface area contributed by atoms with Crippen LogP contribution in [0.2, 0.25) is 0 Å². The summed E-state index contributed by atoms with van der Waals surface area (Å²) in [4.78, 5) is 0. The van der Waals surface area contributed by atoms with E-state index in [1.54, 1.807) is 7.11 Å². The van der Waals surface area contributed by atoms with Gasteiger partial charge < -0.3 is 19.9 Å². The molecular weight excluding hydrogens is 298 g/mol. The standard InChI is InChI=1S/C13H20BrNO3/c1-10(8-17-2)15-7-12(16)9-18-13-5-3-11(14)4-6-13/h3-6,10,12,15-16H,7-9H2,1-2H3/t10-,12-/m1/s1. The molecular formula is C13H20BrNO3. The lowest BCUT2D eigenvalue weighted by atomic mass is 10.3. The van der Waals surface area contributed by atoms with Gasteiger partial charge in [0.25, 0.3) is 0 Å². The molecule has 0 unspecified atom stereocenters. The van der Waals surface area contributed by atoms with Crippen molar-refractivity contribution in [2.75, 3.05) is 26.9 Å². The minimum atomic E-state index is -0.534. The highest BCUT2D eigenvalue weighted by Gasteiger charge is 2.07. The van der Waals surface area contributed by atoms with Gasteiger partial charge in [-0.05, 0) is 31.2 Å². The summed E-state index contributed by atoms with van der Waals surface area (Å²) in [7, 11) is 1.66. The van der Waals surface area contributed by atoms with Crippen LogP contribution in [0.15, 0.2) is 28.7 Å². The van der Waals surface area contributed by atoms with E-state index in [-0.39, 0.29) is 12.6 Å². The summed E-state index contributed by atoms with van der Waals surface area (Å²) >= 11 is 3.35. The van der Waals surface area contributed by atoms with Crippen molar-refractivity contribution in [3.63, 3.8) is 0 Å². The first-order valence-electron chi connectivity index (χ1n) is 5.90. The van der Waals surface area contributed by atoms with Crippen LogP contribution in [-0.4, -0.2) is 44.1 Å². The second kappa shape index (κ2) is 8.48. The summed E-state index contributed by atoms with van der Waals surface area (Å²) in [5, 5.41) is 12.9. The van der Waals surface area contributed by atoms with Gasteiger partial charge in [-0.2, -0.15) is 0 Å². The molecule has 0 spiro atoms. The Balaban J connectivity index is 2.20. The van der Waals surface area contributed by atoms with Crippen LogP contribution in [0.3, 0.4) is 0 Å². The summed E-state index contributed by atoms with van der Waals surface area (Å²) in [5.74, 6) is 0.752. The predicted molar refractivity (Wildman–Crippen MR) is 75.0 cm³/mol. The lowest BCUT2D eigenvalue weighted by Gasteiger charge is -2.17. The van der Waals surface area contributed by atoms with Crippen molar-refractivity contribution in [1.29, 1.82) is 0 Å². The quantitative estimate of drug-likeness (QED) is 0.768. The Bertz CT molecular complexity index is 332. The maximum atomic E-state index is 9.74. The Hall–Kier alpha value is -0.620. The first-order chi connectivity index (χ1) is 8.61. The number of rotatable bonds is 8. The van der Waals surface area contributed by atoms with Crippen LogP contribution < -0.4 is 10.1 Å². The average Bonchev–Trinajstić information content (AvgIpc) is 2.36. The second-order valence-electron chi connectivity index (χ2n) is 4.18. The van der Waals surface area contributed by atoms with Gasteiger partial charge in [-0.1, -0.05) is 15.9 Å². The molecule has 0 aromatic heterocycles. The van der Waals surface area contributed by atoms with Crippen LogP contribution in [0.25, 0.3) is 0 Å². The summed E-state index contributed by atoms with van der Waals surface area (Å²) in [6, 6.07) is 7.74. The van der Waals surface area contributed by atoms with E-state index in [0.717, 1.165) is 10.2 Å². The summed E-state index contributed by atoms with van der Waals surface area (Å²) in [5.41, 5.74) is 0. The Morgan fingerprint density at radius 1 is 1.28 bits per heavy atom. The van der Waals surface area contributed by atoms with Gasteiger partial charge in [0.1, 0.15) is 18.5 Å². The van der Waals surface area contributed by atoms with Gasteiger partial charge in [-0.15, -0.1) is 0 Å². The molecule has 2 atom stereocenters. The predicted octanol–water partition coefficient (Wildman–Crippen LogP) is 1.81. The molecule has 0 saturated heterocycles. The molecule has 18 heavy (non-hydrogen) atoms. The molecule has 5 heteroatoms. The summed E-state index contributed by atoms with van der Waals surface area (Å²) in [6.07, 6.45) is -0.534. The van der Waals surface area contributed by atoms with E-state index < -0.39 is 6.10 Å². The van der Waals surface area contributed by atoms with Crippen LogP contribution >= 0.6 is 15.9 Å². The number of halogens is 1. The van der Waals surface area contributed by atoms with Crippen molar-refractivity contribution in [3.8, 4) is 5.75 Å². The van der Waals surface area contributed by atoms with Crippen molar-refractivity contribution < 1.29 is 14.6 Å². The second-order valence-corrected chi connectivity index (χ2v) is 5.10. The van der Waals surface area contributed by atoms with E-state index in [0.29, 0.717) is 13.2 Å². The number of ether oxygens (including phenoxy) is 2. The fourth-order valence-corrected chi connectivity index (χ4v) is 1.69. The number of nitrogens with one attached hydrogen (secondary N) is 1. The fourth-order valence-electron chi connectivity index (χ4n) is 1.43. The van der Waals surface area contributed by atoms with E-state index in [1.165, 1.54) is 0 Å². The number of aliphatic hydroxyl groups excluding tert-OH is 1. The van der Waals surface area contributed by atoms with Gasteiger partial charge in [0, 0.05) is 24.2 Å². The summed E-state index contributed by atoms with van der Waals surface area (Å²) < 4.78 is 11.5. The van der Waals surface area contributed by atoms with Gasteiger partial charge in [0.2, 0.25) is 0 Å². The molecule has 0 heterocycles. The van der Waals surface area contributed by atoms with E-state index in [9.17, 15) is 5.11 Å². The van der Waals surface area contributed by atoms with Crippen molar-refractivity contribution >= 4 is 15.9 Å². The number of benzene rings is 1. The van der Waals surface area contributed by atoms with E-state index in [2.05, 4.69) is 21.2 Å². The first kappa shape index (κ1) is 15.4. The minimum Gasteiger partial charge on any atom is -0.491 e. The molecule has 0 aliphatic carbocycles. The number of aliphatic hydroxyl groups is 1. The average molecular weight is 318 g/mol. The van der Waals surface area contributed by atoms with E-state index in [4.69, 9.17) is 9.47 Å². The zero-order valence-corrected chi connectivity index (χ0v) is 12.3. The highest BCUT2D eigenvalue weighted by Crippen LogP contribution is 2.16. The fraction of sp³-hybridized carbons (Fsp3) is 0.538. The molecule has 102 valence electrons. The topological polar surface area (TPSA) is 50.7 Å². The van der Waals surface area contributed by atoms with E-state index in [1.807, 2.05) is 31.2 Å². The van der Waals surface area contributed by atoms with Gasteiger partial charge >= 0.3 is 0 Å². The highest BCUT2D eigenvalue weighted by atomic mass is 79.9. The number of hydrogen-bond donors (Lipinski definition) is 2. The van der Waals surface area contributed by atoms with Crippen molar-refractivity contribution in [1.82, 2.24) is 5.32 Å². The lowest BCUT2D eigenvalue weighted by Crippen LogP contribution is -2.38. The molecule has 4 nitrogen and oxygen atoms in total. The van der Waals surface area contributed by atoms with Gasteiger partial charge in [0.05, 0.1) is 6.61 Å². The van der Waals surface area contributed by atoms with Crippen LogP contribution in [0.5, 0.6) is 5.75 Å². The van der Waals surface area contributed by atoms with Crippen molar-refractivity contribution in [2.45, 2.75) is 19.1 Å². The largest absolute Gasteiger partial charge is 0.491 e. The van der Waals surface area contributed by atoms with Crippen LogP contribution in [-0.2, 0) is 4.74 Å². The van der Waals surface area contributed by atoms with Gasteiger partial charge in [-0.25, -0.2) is 0 Å². The maximum absolute atomic E-state index is 9.74. The Morgan fingerprint density at radius 2 is 1.94 bits per heavy atom. The third-order valence-corrected chi connectivity index (χ3v) is 2.90. The molecule has 0 aliphatic heterocycles. The molecule has 1 aromatic rings. The molecule has 0 amide bonds. The zero-order valence-electron chi connectivity index (χ0n) is 10.7. The number of methoxy groups -OCH3 is 1. The first-order valence-corrected chi connectivity index (χ1v) is 6.70. The van der Waals surface area contributed by atoms with Gasteiger partial charge in [-0.3, -0.25) is 0 Å². The Kier molecular flexibility index (Phi) is 7.27. The molecule has 0 bridgehead atoms. The Labute approximate surface area is 116 Å². The smallest absolute Gasteiger partial charge is 0.119 e. The van der Waals surface area contributed by atoms with E-state index >= 15 is 0 Å². The minimum absolute atomic E-state index is 0.220. The van der Waals surface area contributed by atoms with Crippen LogP contribution in [0.4, 0.5) is 0 Å². The highest BCUT2D eigenvalue weighted by molar-refractivity contribution is 9.10. The molecule has 1 aromatic carbocycles. The van der Waals surface area contributed by atoms with Crippen LogP contribution in [0, 0.1) is 0 Å². The zero-order chi connectivity index (χ0) is 13.4. The molecule has 0 aliphatic rings. The molecule has 2 N–H and O–H groups in total. The van der Waals surface area contributed by atoms with Crippen molar-refractivity contribution in [3.05, 3.63) is 28.7 Å². The monoisotopic (exact) mass is 317 g/mol. The molecule has 0 radical (unpaired) electrons. The SMILES string of the molecule is COC[C@@H](C)NC[C@@H](O)COc1ccc(Br)cc1. The molecule has 0 saturated carbocycles. The lowest BCUT2D eigenvalue weighted by molar-refractivity contribution is 0.0973. The van der Waals surface area contributed by atoms with Gasteiger partial charge in [0.15, 0.2) is 0 Å². The number of hydrogen-bond acceptors (Lipinski definition) is 4. The van der Waals surface area contributed by atoms with Crippen molar-refractivity contribution in [2.24, 2.45) is 0 Å². The Morgan fingerprint density at radius 3 is 2.56 bits per heavy atom. The molecule has 1 rings (SSSR count).